The van der Waals surface area contributed by atoms with Crippen molar-refractivity contribution in [1.82, 2.24) is 0 Å². The van der Waals surface area contributed by atoms with Gasteiger partial charge in [-0.15, -0.1) is 0 Å². The number of hydrogen-bond acceptors (Lipinski definition) is 0. The van der Waals surface area contributed by atoms with Crippen molar-refractivity contribution in [1.29, 1.82) is 0 Å². The van der Waals surface area contributed by atoms with Gasteiger partial charge in [-0.3, -0.25) is 0 Å². The summed E-state index contributed by atoms with van der Waals surface area (Å²) in [5, 5.41) is 0. The predicted octanol–water partition coefficient (Wildman–Crippen LogP) is -0.839. The van der Waals surface area contributed by atoms with Crippen molar-refractivity contribution in [2.75, 3.05) is 0 Å². The number of rotatable bonds is 0. The summed E-state index contributed by atoms with van der Waals surface area (Å²) in [4.78, 5) is 0. The minimum atomic E-state index is 0. The van der Waals surface area contributed by atoms with E-state index in [0.717, 1.165) is 0 Å². The van der Waals surface area contributed by atoms with Gasteiger partial charge in [-0.25, -0.2) is 0 Å². The van der Waals surface area contributed by atoms with Gasteiger partial charge < -0.3 is 38.3 Å². The molecule has 0 saturated carbocycles. The molecule has 0 atom stereocenters. The maximum atomic E-state index is 0. The van der Waals surface area contributed by atoms with Crippen LogP contribution in [0.15, 0.2) is 0 Å². The summed E-state index contributed by atoms with van der Waals surface area (Å²) in [6, 6.07) is 0. The number of hydrogen-bond donors (Lipinski definition) is 0. The first-order valence-electron chi connectivity index (χ1n) is 0. The third kappa shape index (κ3) is 277. The zero-order valence-electron chi connectivity index (χ0n) is 4.01. The van der Waals surface area contributed by atoms with E-state index in [4.69, 9.17) is 0 Å². The van der Waals surface area contributed by atoms with Gasteiger partial charge in [0.05, 0.1) is 0 Å². The molecule has 0 aliphatic carbocycles. The third-order valence-corrected chi connectivity index (χ3v) is 0. The van der Waals surface area contributed by atoms with Gasteiger partial charge in [0, 0.05) is 0 Å². The van der Waals surface area contributed by atoms with Crippen LogP contribution in [0.1, 0.15) is 0 Å². The predicted molar refractivity (Wildman–Crippen MR) is 4.81 cm³/mol. The average molecular weight is 451 g/mol. The Morgan fingerprint density at radius 2 is 0.400 bits per heavy atom. The molecule has 0 saturated heterocycles. The van der Waals surface area contributed by atoms with Crippen LogP contribution in [0, 0.1) is 0 Å². The molecule has 0 aromatic carbocycles. The molecule has 0 spiro atoms. The van der Waals surface area contributed by atoms with Gasteiger partial charge in [-0.1, -0.05) is 0 Å². The standard InChI is InChI=1S/Co.Mo.7O.W/q+2;+6;7*-2;+6. The Bertz CT molecular complexity index is 13.6. The minimum Gasteiger partial charge on any atom is -2.00 e. The Morgan fingerprint density at radius 1 is 0.400 bits per heavy atom. The van der Waals surface area contributed by atoms with Crippen LogP contribution in [0.25, 0.3) is 0 Å². The molecule has 0 fully saturated rings. The second-order valence-electron chi connectivity index (χ2n) is 0. The van der Waals surface area contributed by atoms with E-state index in [2.05, 4.69) is 0 Å². The largest absolute Gasteiger partial charge is 6.00 e. The van der Waals surface area contributed by atoms with Crippen LogP contribution < -0.4 is 0 Å². The van der Waals surface area contributed by atoms with Gasteiger partial charge in [0.15, 0.2) is 0 Å². The van der Waals surface area contributed by atoms with Crippen molar-refractivity contribution in [3.05, 3.63) is 0 Å². The summed E-state index contributed by atoms with van der Waals surface area (Å²) in [5.41, 5.74) is 0. The summed E-state index contributed by atoms with van der Waals surface area (Å²) < 4.78 is 0. The van der Waals surface area contributed by atoms with E-state index in [0.29, 0.717) is 0 Å². The van der Waals surface area contributed by atoms with Gasteiger partial charge >= 0.3 is 58.9 Å². The maximum absolute atomic E-state index is 0. The fraction of sp³-hybridized carbons (Fsp3) is 0. The van der Waals surface area contributed by atoms with E-state index >= 15 is 0 Å². The first-order valence-corrected chi connectivity index (χ1v) is 0. The molecule has 10 heavy (non-hydrogen) atoms. The summed E-state index contributed by atoms with van der Waals surface area (Å²) in [6.45, 7) is 0. The molecule has 0 aliphatic rings. The fourth-order valence-corrected chi connectivity index (χ4v) is 0. The second kappa shape index (κ2) is 380. The molecule has 0 rings (SSSR count). The van der Waals surface area contributed by atoms with E-state index in [-0.39, 0.29) is 97.2 Å². The topological polar surface area (TPSA) is 200 Å². The van der Waals surface area contributed by atoms with Crippen molar-refractivity contribution < 1.29 is 97.2 Å². The molecule has 0 heterocycles. The summed E-state index contributed by atoms with van der Waals surface area (Å²) in [5.74, 6) is 0. The van der Waals surface area contributed by atoms with Gasteiger partial charge in [-0.2, -0.15) is 0 Å². The molecular weight excluding hydrogens is 451 g/mol. The normalized spacial score (nSPS) is 0. The zero-order chi connectivity index (χ0) is 0. The smallest absolute Gasteiger partial charge is 2.00 e. The Kier molecular flexibility index (Phi) is 19300. The molecule has 0 N–H and O–H groups in total. The summed E-state index contributed by atoms with van der Waals surface area (Å²) in [6.07, 6.45) is 0. The van der Waals surface area contributed by atoms with E-state index in [1.807, 2.05) is 0 Å². The van der Waals surface area contributed by atoms with E-state index in [1.165, 1.54) is 0 Å². The molecule has 0 aromatic heterocycles. The molecule has 0 unspecified atom stereocenters. The van der Waals surface area contributed by atoms with Gasteiger partial charge in [0.1, 0.15) is 0 Å². The van der Waals surface area contributed by atoms with E-state index in [1.54, 1.807) is 0 Å². The van der Waals surface area contributed by atoms with Gasteiger partial charge in [-0.05, 0) is 0 Å². The molecule has 0 aliphatic heterocycles. The molecule has 0 aromatic rings. The fourth-order valence-electron chi connectivity index (χ4n) is 0. The van der Waals surface area contributed by atoms with Crippen molar-refractivity contribution in [3.8, 4) is 0 Å². The first kappa shape index (κ1) is 508. The quantitative estimate of drug-likeness (QED) is 0.415. The zero-order valence-corrected chi connectivity index (χ0v) is 9.99. The van der Waals surface area contributed by atoms with Crippen LogP contribution in [-0.4, -0.2) is 0 Å². The molecule has 7 nitrogen and oxygen atoms in total. The van der Waals surface area contributed by atoms with Gasteiger partial charge in [0.25, 0.3) is 0 Å². The van der Waals surface area contributed by atoms with Crippen molar-refractivity contribution in [2.24, 2.45) is 0 Å². The van der Waals surface area contributed by atoms with Crippen LogP contribution in [0.5, 0.6) is 0 Å². The average Bonchev–Trinajstić information content (AvgIpc) is 0. The Morgan fingerprint density at radius 3 is 0.400 bits per heavy atom. The summed E-state index contributed by atoms with van der Waals surface area (Å²) in [7, 11) is 0. The Labute approximate surface area is 96.8 Å². The van der Waals surface area contributed by atoms with Crippen molar-refractivity contribution >= 4 is 0 Å². The van der Waals surface area contributed by atoms with Crippen molar-refractivity contribution in [3.63, 3.8) is 0 Å². The van der Waals surface area contributed by atoms with Crippen molar-refractivity contribution in [2.45, 2.75) is 0 Å². The maximum Gasteiger partial charge on any atom is 6.00 e. The van der Waals surface area contributed by atoms with Crippen LogP contribution in [-0.2, 0) is 97.2 Å². The van der Waals surface area contributed by atoms with Crippen LogP contribution in [0.3, 0.4) is 0 Å². The van der Waals surface area contributed by atoms with Gasteiger partial charge in [0.2, 0.25) is 0 Å². The van der Waals surface area contributed by atoms with Crippen LogP contribution in [0.2, 0.25) is 0 Å². The second-order valence-corrected chi connectivity index (χ2v) is 0. The Hall–Kier alpha value is 1.60. The monoisotopic (exact) mass is 453 g/mol. The molecule has 63 valence electrons. The van der Waals surface area contributed by atoms with Crippen LogP contribution in [0.4, 0.5) is 0 Å². The van der Waals surface area contributed by atoms with Crippen LogP contribution >= 0.6 is 0 Å². The van der Waals surface area contributed by atoms with E-state index < -0.39 is 0 Å². The molecule has 0 amide bonds. The molecular formula is CoMoO7W. The SMILES string of the molecule is [Co+2].[Mo+6].[O-2].[O-2].[O-2].[O-2].[O-2].[O-2].[O-2].[W+6]. The van der Waals surface area contributed by atoms with E-state index in [9.17, 15) is 0 Å². The molecule has 1 radical (unpaired) electrons. The Balaban J connectivity index is 0. The third-order valence-electron chi connectivity index (χ3n) is 0. The summed E-state index contributed by atoms with van der Waals surface area (Å²) >= 11 is 0. The molecule has 10 heteroatoms. The minimum absolute atomic E-state index is 0. The molecule has 0 bridgehead atoms. The first-order chi connectivity index (χ1) is 0.